The molecule has 2 aliphatic heterocycles. The third-order valence-electron chi connectivity index (χ3n) is 6.56. The fourth-order valence-electron chi connectivity index (χ4n) is 4.92. The van der Waals surface area contributed by atoms with Gasteiger partial charge >= 0.3 is 6.09 Å². The fourth-order valence-corrected chi connectivity index (χ4v) is 4.92. The number of hydrogen-bond acceptors (Lipinski definition) is 4. The molecule has 3 N–H and O–H groups in total. The van der Waals surface area contributed by atoms with Crippen LogP contribution in [0.25, 0.3) is 0 Å². The Morgan fingerprint density at radius 2 is 1.82 bits per heavy atom. The van der Waals surface area contributed by atoms with Crippen LogP contribution in [0.3, 0.4) is 0 Å². The Morgan fingerprint density at radius 3 is 2.54 bits per heavy atom. The summed E-state index contributed by atoms with van der Waals surface area (Å²) in [5, 5.41) is 3.36. The molecular weight excluding hydrogens is 354 g/mol. The standard InChI is InChI=1S/C21H39N5O2/c1-2-28-21(27)25-13-10-18(11-14-25)24-20(22)23-15-19-9-6-12-26(19)16-17-7-4-3-5-8-17/h17-19H,2-16H2,1H3,(H3,22,23,24). The van der Waals surface area contributed by atoms with E-state index in [1.54, 1.807) is 4.90 Å². The number of ether oxygens (including phenoxy) is 1. The lowest BCUT2D eigenvalue weighted by Crippen LogP contribution is -2.48. The van der Waals surface area contributed by atoms with Crippen LogP contribution in [0.1, 0.15) is 64.7 Å². The molecule has 7 nitrogen and oxygen atoms in total. The predicted molar refractivity (Wildman–Crippen MR) is 112 cm³/mol. The lowest BCUT2D eigenvalue weighted by molar-refractivity contribution is 0.0963. The minimum absolute atomic E-state index is 0.207. The molecule has 1 saturated carbocycles. The van der Waals surface area contributed by atoms with E-state index in [2.05, 4.69) is 15.2 Å². The molecule has 0 spiro atoms. The maximum Gasteiger partial charge on any atom is 0.409 e. The Bertz CT molecular complexity index is 513. The number of hydrogen-bond donors (Lipinski definition) is 2. The molecule has 2 saturated heterocycles. The van der Waals surface area contributed by atoms with Crippen LogP contribution in [0.2, 0.25) is 0 Å². The van der Waals surface area contributed by atoms with Gasteiger partial charge in [0.15, 0.2) is 5.96 Å². The van der Waals surface area contributed by atoms with Gasteiger partial charge in [-0.15, -0.1) is 0 Å². The molecule has 1 unspecified atom stereocenters. The van der Waals surface area contributed by atoms with Crippen LogP contribution >= 0.6 is 0 Å². The molecule has 7 heteroatoms. The van der Waals surface area contributed by atoms with Gasteiger partial charge in [-0.1, -0.05) is 19.3 Å². The second-order valence-electron chi connectivity index (χ2n) is 8.63. The number of guanidine groups is 1. The predicted octanol–water partition coefficient (Wildman–Crippen LogP) is 2.56. The van der Waals surface area contributed by atoms with E-state index >= 15 is 0 Å². The average molecular weight is 394 g/mol. The van der Waals surface area contributed by atoms with Crippen LogP contribution in [0.4, 0.5) is 4.79 Å². The van der Waals surface area contributed by atoms with Gasteiger partial charge in [0.25, 0.3) is 0 Å². The number of carbonyl (C=O) groups excluding carboxylic acids is 1. The highest BCUT2D eigenvalue weighted by Gasteiger charge is 2.28. The number of piperidine rings is 1. The molecule has 3 aliphatic rings. The second kappa shape index (κ2) is 10.9. The summed E-state index contributed by atoms with van der Waals surface area (Å²) in [6, 6.07) is 0.837. The highest BCUT2D eigenvalue weighted by atomic mass is 16.6. The number of aliphatic imine (C=N–C) groups is 1. The van der Waals surface area contributed by atoms with E-state index in [9.17, 15) is 4.79 Å². The highest BCUT2D eigenvalue weighted by molar-refractivity contribution is 5.78. The molecule has 3 rings (SSSR count). The van der Waals surface area contributed by atoms with Crippen LogP contribution in [0.5, 0.6) is 0 Å². The van der Waals surface area contributed by atoms with Gasteiger partial charge < -0.3 is 20.7 Å². The van der Waals surface area contributed by atoms with Crippen LogP contribution in [-0.2, 0) is 4.74 Å². The molecule has 0 radical (unpaired) electrons. The Balaban J connectivity index is 1.38. The summed E-state index contributed by atoms with van der Waals surface area (Å²) in [7, 11) is 0. The zero-order valence-corrected chi connectivity index (χ0v) is 17.6. The van der Waals surface area contributed by atoms with E-state index in [0.29, 0.717) is 31.7 Å². The first-order valence-corrected chi connectivity index (χ1v) is 11.4. The number of rotatable bonds is 6. The molecule has 28 heavy (non-hydrogen) atoms. The molecule has 160 valence electrons. The van der Waals surface area contributed by atoms with Gasteiger partial charge in [0.1, 0.15) is 0 Å². The van der Waals surface area contributed by atoms with Crippen LogP contribution in [-0.4, -0.2) is 73.3 Å². The number of nitrogens with one attached hydrogen (secondary N) is 1. The maximum absolute atomic E-state index is 11.8. The number of nitrogens with two attached hydrogens (primary N) is 1. The number of carbonyl (C=O) groups is 1. The fraction of sp³-hybridized carbons (Fsp3) is 0.905. The molecule has 1 amide bonds. The molecule has 3 fully saturated rings. The zero-order chi connectivity index (χ0) is 19.8. The lowest BCUT2D eigenvalue weighted by atomic mass is 9.89. The Hall–Kier alpha value is -1.50. The minimum atomic E-state index is -0.207. The van der Waals surface area contributed by atoms with Crippen LogP contribution in [0, 0.1) is 5.92 Å². The highest BCUT2D eigenvalue weighted by Crippen LogP contribution is 2.27. The molecule has 0 aromatic carbocycles. The maximum atomic E-state index is 11.8. The van der Waals surface area contributed by atoms with Gasteiger partial charge in [0, 0.05) is 31.7 Å². The van der Waals surface area contributed by atoms with Crippen molar-refractivity contribution in [3.63, 3.8) is 0 Å². The summed E-state index contributed by atoms with van der Waals surface area (Å²) >= 11 is 0. The number of amides is 1. The summed E-state index contributed by atoms with van der Waals surface area (Å²) in [6.45, 7) is 6.95. The first kappa shape index (κ1) is 21.2. The second-order valence-corrected chi connectivity index (χ2v) is 8.63. The van der Waals surface area contributed by atoms with Gasteiger partial charge in [-0.05, 0) is 57.9 Å². The Morgan fingerprint density at radius 1 is 1.07 bits per heavy atom. The SMILES string of the molecule is CCOC(=O)N1CCC(NC(N)=NCC2CCCN2CC2CCCCC2)CC1. The van der Waals surface area contributed by atoms with Crippen LogP contribution < -0.4 is 11.1 Å². The first-order chi connectivity index (χ1) is 13.7. The smallest absolute Gasteiger partial charge is 0.409 e. The lowest BCUT2D eigenvalue weighted by Gasteiger charge is -2.32. The van der Waals surface area contributed by atoms with Gasteiger partial charge in [0.05, 0.1) is 13.2 Å². The van der Waals surface area contributed by atoms with Gasteiger partial charge in [-0.2, -0.15) is 0 Å². The largest absolute Gasteiger partial charge is 0.450 e. The summed E-state index contributed by atoms with van der Waals surface area (Å²) in [4.78, 5) is 20.9. The third-order valence-corrected chi connectivity index (χ3v) is 6.56. The van der Waals surface area contributed by atoms with Gasteiger partial charge in [0.2, 0.25) is 0 Å². The number of nitrogens with zero attached hydrogens (tertiary/aromatic N) is 3. The quantitative estimate of drug-likeness (QED) is 0.535. The average Bonchev–Trinajstić information content (AvgIpc) is 3.15. The van der Waals surface area contributed by atoms with Crippen molar-refractivity contribution in [3.8, 4) is 0 Å². The van der Waals surface area contributed by atoms with Crippen molar-refractivity contribution in [1.82, 2.24) is 15.1 Å². The van der Waals surface area contributed by atoms with Crippen molar-refractivity contribution in [2.45, 2.75) is 76.8 Å². The van der Waals surface area contributed by atoms with E-state index in [1.165, 1.54) is 58.0 Å². The molecule has 0 bridgehead atoms. The van der Waals surface area contributed by atoms with Crippen molar-refractivity contribution in [2.24, 2.45) is 16.6 Å². The molecular formula is C21H39N5O2. The first-order valence-electron chi connectivity index (χ1n) is 11.4. The van der Waals surface area contributed by atoms with Crippen molar-refractivity contribution in [3.05, 3.63) is 0 Å². The van der Waals surface area contributed by atoms with E-state index in [0.717, 1.165) is 25.3 Å². The molecule has 1 aliphatic carbocycles. The molecule has 1 atom stereocenters. The van der Waals surface area contributed by atoms with Crippen LogP contribution in [0.15, 0.2) is 4.99 Å². The molecule has 0 aromatic rings. The van der Waals surface area contributed by atoms with Crippen molar-refractivity contribution >= 4 is 12.1 Å². The number of likely N-dealkylation sites (tertiary alicyclic amines) is 2. The summed E-state index contributed by atoms with van der Waals surface area (Å²) in [5.41, 5.74) is 6.17. The monoisotopic (exact) mass is 393 g/mol. The normalized spacial score (nSPS) is 25.8. The molecule has 2 heterocycles. The van der Waals surface area contributed by atoms with Crippen molar-refractivity contribution in [1.29, 1.82) is 0 Å². The minimum Gasteiger partial charge on any atom is -0.450 e. The summed E-state index contributed by atoms with van der Waals surface area (Å²) in [5.74, 6) is 1.44. The Kier molecular flexibility index (Phi) is 8.25. The van der Waals surface area contributed by atoms with E-state index in [-0.39, 0.29) is 12.1 Å². The Labute approximate surface area is 170 Å². The third kappa shape index (κ3) is 6.26. The summed E-state index contributed by atoms with van der Waals surface area (Å²) < 4.78 is 5.07. The zero-order valence-electron chi connectivity index (χ0n) is 17.6. The van der Waals surface area contributed by atoms with Gasteiger partial charge in [-0.3, -0.25) is 9.89 Å². The van der Waals surface area contributed by atoms with Crippen molar-refractivity contribution in [2.75, 3.05) is 39.3 Å². The van der Waals surface area contributed by atoms with E-state index in [4.69, 9.17) is 10.5 Å². The van der Waals surface area contributed by atoms with Gasteiger partial charge in [-0.25, -0.2) is 4.79 Å². The topological polar surface area (TPSA) is 83.2 Å². The molecule has 0 aromatic heterocycles. The summed E-state index contributed by atoms with van der Waals surface area (Å²) in [6.07, 6.45) is 11.1. The van der Waals surface area contributed by atoms with E-state index < -0.39 is 0 Å². The van der Waals surface area contributed by atoms with Crippen molar-refractivity contribution < 1.29 is 9.53 Å². The van der Waals surface area contributed by atoms with E-state index in [1.807, 2.05) is 6.92 Å².